The fraction of sp³-hybridized carbons (Fsp3) is 0.286. The highest BCUT2D eigenvalue weighted by atomic mass is 32.2. The van der Waals surface area contributed by atoms with Crippen molar-refractivity contribution in [2.45, 2.75) is 38.2 Å². The smallest absolute Gasteiger partial charge is 0.338 e. The van der Waals surface area contributed by atoms with Gasteiger partial charge in [0.2, 0.25) is 5.89 Å². The van der Waals surface area contributed by atoms with Gasteiger partial charge in [-0.25, -0.2) is 13.2 Å². The maximum Gasteiger partial charge on any atom is 0.338 e. The highest BCUT2D eigenvalue weighted by Crippen LogP contribution is 2.25. The van der Waals surface area contributed by atoms with Crippen molar-refractivity contribution in [2.24, 2.45) is 0 Å². The number of benzene rings is 2. The Morgan fingerprint density at radius 1 is 1.10 bits per heavy atom. The molecule has 1 heterocycles. The number of nitrogens with zero attached hydrogens (tertiary/aromatic N) is 3. The molecule has 0 saturated heterocycles. The highest BCUT2D eigenvalue weighted by Gasteiger charge is 2.25. The molecule has 0 aliphatic rings. The quantitative estimate of drug-likeness (QED) is 0.478. The summed E-state index contributed by atoms with van der Waals surface area (Å²) in [6.45, 7) is 3.78. The van der Waals surface area contributed by atoms with Crippen molar-refractivity contribution in [1.29, 1.82) is 0 Å². The first kappa shape index (κ1) is 21.5. The Labute approximate surface area is 175 Å². The summed E-state index contributed by atoms with van der Waals surface area (Å²) >= 11 is 0. The molecule has 1 aromatic heterocycles. The van der Waals surface area contributed by atoms with Gasteiger partial charge in [0.15, 0.2) is 6.61 Å². The first-order chi connectivity index (χ1) is 14.4. The number of carbonyl (C=O) groups excluding carboxylic acids is 1. The molecule has 3 aromatic rings. The van der Waals surface area contributed by atoms with Gasteiger partial charge in [-0.1, -0.05) is 37.6 Å². The maximum atomic E-state index is 13.3. The molecule has 0 unspecified atom stereocenters. The van der Waals surface area contributed by atoms with Crippen LogP contribution in [0.4, 0.5) is 5.69 Å². The lowest BCUT2D eigenvalue weighted by Crippen LogP contribution is -2.32. The van der Waals surface area contributed by atoms with Crippen LogP contribution >= 0.6 is 0 Å². The van der Waals surface area contributed by atoms with Gasteiger partial charge in [0.25, 0.3) is 15.9 Å². The first-order valence-electron chi connectivity index (χ1n) is 9.55. The van der Waals surface area contributed by atoms with Gasteiger partial charge >= 0.3 is 5.97 Å². The van der Waals surface area contributed by atoms with Crippen LogP contribution < -0.4 is 4.31 Å². The Hall–Kier alpha value is -3.20. The van der Waals surface area contributed by atoms with Gasteiger partial charge in [-0.2, -0.15) is 0 Å². The third-order valence-electron chi connectivity index (χ3n) is 4.31. The number of rotatable bonds is 9. The molecule has 8 nitrogen and oxygen atoms in total. The van der Waals surface area contributed by atoms with Gasteiger partial charge in [0.1, 0.15) is 0 Å². The largest absolute Gasteiger partial charge is 0.452 e. The zero-order valence-electron chi connectivity index (χ0n) is 16.8. The van der Waals surface area contributed by atoms with E-state index in [2.05, 4.69) is 10.2 Å². The third kappa shape index (κ3) is 5.04. The number of esters is 1. The van der Waals surface area contributed by atoms with Crippen molar-refractivity contribution in [3.8, 4) is 0 Å². The number of sulfonamides is 1. The topological polar surface area (TPSA) is 103 Å². The van der Waals surface area contributed by atoms with E-state index in [0.29, 0.717) is 24.5 Å². The maximum absolute atomic E-state index is 13.3. The predicted molar refractivity (Wildman–Crippen MR) is 110 cm³/mol. The SMILES string of the molecule is CCCCN(c1ccccc1)S(=O)(=O)c1cccc(C(=O)OCc2nnc(C)o2)c1. The zero-order chi connectivity index (χ0) is 21.6. The van der Waals surface area contributed by atoms with Crippen LogP contribution in [0.25, 0.3) is 0 Å². The molecule has 0 bridgehead atoms. The van der Waals surface area contributed by atoms with Crippen molar-refractivity contribution in [1.82, 2.24) is 10.2 Å². The Balaban J connectivity index is 1.83. The van der Waals surface area contributed by atoms with E-state index in [0.717, 1.165) is 6.42 Å². The normalized spacial score (nSPS) is 11.3. The fourth-order valence-corrected chi connectivity index (χ4v) is 4.35. The van der Waals surface area contributed by atoms with Crippen molar-refractivity contribution < 1.29 is 22.4 Å². The van der Waals surface area contributed by atoms with E-state index in [4.69, 9.17) is 9.15 Å². The lowest BCUT2D eigenvalue weighted by Gasteiger charge is -2.24. The Morgan fingerprint density at radius 2 is 1.87 bits per heavy atom. The molecule has 9 heteroatoms. The third-order valence-corrected chi connectivity index (χ3v) is 6.13. The van der Waals surface area contributed by atoms with Crippen LogP contribution in [0.3, 0.4) is 0 Å². The summed E-state index contributed by atoms with van der Waals surface area (Å²) < 4.78 is 38.4. The number of anilines is 1. The molecule has 0 aliphatic carbocycles. The summed E-state index contributed by atoms with van der Waals surface area (Å²) in [5.74, 6) is -0.149. The standard InChI is InChI=1S/C21H23N3O5S/c1-3-4-13-24(18-10-6-5-7-11-18)30(26,27)19-12-8-9-17(14-19)21(25)28-15-20-23-22-16(2)29-20/h5-12,14H,3-4,13,15H2,1-2H3. The summed E-state index contributed by atoms with van der Waals surface area (Å²) in [7, 11) is -3.86. The molecule has 0 amide bonds. The van der Waals surface area contributed by atoms with Crippen molar-refractivity contribution in [2.75, 3.05) is 10.8 Å². The Kier molecular flexibility index (Phi) is 6.83. The number of hydrogen-bond donors (Lipinski definition) is 0. The van der Waals surface area contributed by atoms with E-state index in [1.165, 1.54) is 28.6 Å². The lowest BCUT2D eigenvalue weighted by atomic mass is 10.2. The van der Waals surface area contributed by atoms with Crippen LogP contribution in [-0.2, 0) is 21.4 Å². The average molecular weight is 429 g/mol. The summed E-state index contributed by atoms with van der Waals surface area (Å²) in [5, 5.41) is 7.42. The fourth-order valence-electron chi connectivity index (χ4n) is 2.80. The van der Waals surface area contributed by atoms with Gasteiger partial charge < -0.3 is 9.15 Å². The molecule has 0 spiro atoms. The average Bonchev–Trinajstić information content (AvgIpc) is 3.18. The van der Waals surface area contributed by atoms with Crippen LogP contribution in [0.2, 0.25) is 0 Å². The molecular formula is C21H23N3O5S. The number of unbranched alkanes of at least 4 members (excludes halogenated alkanes) is 1. The number of ether oxygens (including phenoxy) is 1. The van der Waals surface area contributed by atoms with Crippen LogP contribution in [0, 0.1) is 6.92 Å². The van der Waals surface area contributed by atoms with E-state index in [1.54, 1.807) is 31.2 Å². The van der Waals surface area contributed by atoms with Crippen molar-refractivity contribution in [3.05, 3.63) is 71.9 Å². The monoisotopic (exact) mass is 429 g/mol. The molecule has 2 aromatic carbocycles. The Bertz CT molecular complexity index is 1100. The molecule has 0 fully saturated rings. The zero-order valence-corrected chi connectivity index (χ0v) is 17.6. The van der Waals surface area contributed by atoms with Crippen molar-refractivity contribution >= 4 is 21.7 Å². The van der Waals surface area contributed by atoms with Crippen LogP contribution in [0.5, 0.6) is 0 Å². The second kappa shape index (κ2) is 9.53. The molecule has 0 aliphatic heterocycles. The number of hydrogen-bond acceptors (Lipinski definition) is 7. The van der Waals surface area contributed by atoms with Gasteiger partial charge in [0, 0.05) is 13.5 Å². The van der Waals surface area contributed by atoms with Gasteiger partial charge in [-0.15, -0.1) is 10.2 Å². The van der Waals surface area contributed by atoms with Gasteiger partial charge in [-0.3, -0.25) is 4.31 Å². The molecule has 0 N–H and O–H groups in total. The number of aryl methyl sites for hydroxylation is 1. The first-order valence-corrected chi connectivity index (χ1v) is 11.0. The van der Waals surface area contributed by atoms with E-state index in [9.17, 15) is 13.2 Å². The van der Waals surface area contributed by atoms with E-state index in [-0.39, 0.29) is 23.0 Å². The minimum atomic E-state index is -3.86. The van der Waals surface area contributed by atoms with Gasteiger partial charge in [-0.05, 0) is 36.8 Å². The minimum absolute atomic E-state index is 0.0190. The number of carbonyl (C=O) groups is 1. The second-order valence-corrected chi connectivity index (χ2v) is 8.45. The summed E-state index contributed by atoms with van der Waals surface area (Å²) in [6.07, 6.45) is 1.56. The predicted octanol–water partition coefficient (Wildman–Crippen LogP) is 3.73. The van der Waals surface area contributed by atoms with Crippen LogP contribution in [-0.4, -0.2) is 31.1 Å². The summed E-state index contributed by atoms with van der Waals surface area (Å²) in [6, 6.07) is 14.7. The van der Waals surface area contributed by atoms with E-state index in [1.807, 2.05) is 13.0 Å². The Morgan fingerprint density at radius 3 is 2.53 bits per heavy atom. The molecule has 0 saturated carbocycles. The summed E-state index contributed by atoms with van der Waals surface area (Å²) in [5.41, 5.74) is 0.696. The molecule has 0 radical (unpaired) electrons. The number of para-hydroxylation sites is 1. The molecule has 158 valence electrons. The number of aromatic nitrogens is 2. The molecule has 30 heavy (non-hydrogen) atoms. The van der Waals surface area contributed by atoms with Crippen molar-refractivity contribution in [3.63, 3.8) is 0 Å². The molecule has 0 atom stereocenters. The minimum Gasteiger partial charge on any atom is -0.452 e. The lowest BCUT2D eigenvalue weighted by molar-refractivity contribution is 0.0436. The second-order valence-electron chi connectivity index (χ2n) is 6.59. The van der Waals surface area contributed by atoms with Crippen LogP contribution in [0.1, 0.15) is 41.9 Å². The highest BCUT2D eigenvalue weighted by molar-refractivity contribution is 7.92. The summed E-state index contributed by atoms with van der Waals surface area (Å²) in [4.78, 5) is 12.4. The van der Waals surface area contributed by atoms with E-state index >= 15 is 0 Å². The van der Waals surface area contributed by atoms with Crippen LogP contribution in [0.15, 0.2) is 63.9 Å². The van der Waals surface area contributed by atoms with Gasteiger partial charge in [0.05, 0.1) is 16.1 Å². The molecular weight excluding hydrogens is 406 g/mol. The van der Waals surface area contributed by atoms with E-state index < -0.39 is 16.0 Å². The molecule has 3 rings (SSSR count).